The first-order valence-electron chi connectivity index (χ1n) is 7.07. The predicted molar refractivity (Wildman–Crippen MR) is 80.5 cm³/mol. The summed E-state index contributed by atoms with van der Waals surface area (Å²) in [6.07, 6.45) is 0. The molecule has 1 fully saturated rings. The molecule has 1 saturated heterocycles. The van der Waals surface area contributed by atoms with Gasteiger partial charge in [-0.1, -0.05) is 37.3 Å². The van der Waals surface area contributed by atoms with Gasteiger partial charge in [-0.05, 0) is 12.5 Å². The van der Waals surface area contributed by atoms with Crippen molar-refractivity contribution in [3.63, 3.8) is 0 Å². The molecule has 1 heterocycles. The summed E-state index contributed by atoms with van der Waals surface area (Å²) in [5.41, 5.74) is 1.01. The number of nitrogens with one attached hydrogen (secondary N) is 1. The van der Waals surface area contributed by atoms with Gasteiger partial charge in [0, 0.05) is 38.8 Å². The second kappa shape index (κ2) is 6.67. The van der Waals surface area contributed by atoms with Crippen molar-refractivity contribution in [2.75, 3.05) is 26.2 Å². The fraction of sp³-hybridized carbons (Fsp3) is 0.571. The topological polar surface area (TPSA) is 52.7 Å². The molecule has 20 heavy (non-hydrogen) atoms. The first-order valence-corrected chi connectivity index (χ1v) is 8.47. The molecule has 0 spiro atoms. The number of piperazine rings is 1. The van der Waals surface area contributed by atoms with Crippen molar-refractivity contribution in [3.8, 4) is 0 Å². The summed E-state index contributed by atoms with van der Waals surface area (Å²) in [6, 6.07) is 9.72. The lowest BCUT2D eigenvalue weighted by atomic mass is 10.2. The van der Waals surface area contributed by atoms with Crippen LogP contribution < -0.4 is 5.32 Å². The van der Waals surface area contributed by atoms with E-state index in [0.29, 0.717) is 32.7 Å². The smallest absolute Gasteiger partial charge is 0.282 e. The minimum absolute atomic E-state index is 0.00132. The van der Waals surface area contributed by atoms with E-state index < -0.39 is 10.2 Å². The van der Waals surface area contributed by atoms with E-state index in [9.17, 15) is 8.42 Å². The van der Waals surface area contributed by atoms with E-state index in [2.05, 4.69) is 5.32 Å². The van der Waals surface area contributed by atoms with E-state index in [1.165, 1.54) is 0 Å². The molecule has 112 valence electrons. The minimum Gasteiger partial charge on any atom is -0.314 e. The summed E-state index contributed by atoms with van der Waals surface area (Å²) in [5.74, 6) is 0. The third-order valence-electron chi connectivity index (χ3n) is 3.62. The van der Waals surface area contributed by atoms with Crippen molar-refractivity contribution in [2.24, 2.45) is 0 Å². The fourth-order valence-electron chi connectivity index (χ4n) is 2.46. The van der Waals surface area contributed by atoms with Crippen LogP contribution in [0.15, 0.2) is 30.3 Å². The average molecular weight is 297 g/mol. The highest BCUT2D eigenvalue weighted by Gasteiger charge is 2.33. The van der Waals surface area contributed by atoms with Gasteiger partial charge < -0.3 is 5.32 Å². The van der Waals surface area contributed by atoms with Crippen LogP contribution in [0.5, 0.6) is 0 Å². The van der Waals surface area contributed by atoms with Gasteiger partial charge in [0.25, 0.3) is 10.2 Å². The molecule has 1 aliphatic rings. The van der Waals surface area contributed by atoms with Gasteiger partial charge in [-0.3, -0.25) is 0 Å². The summed E-state index contributed by atoms with van der Waals surface area (Å²) in [6.45, 7) is 6.70. The number of hydrogen-bond acceptors (Lipinski definition) is 3. The minimum atomic E-state index is -3.39. The summed E-state index contributed by atoms with van der Waals surface area (Å²) >= 11 is 0. The van der Waals surface area contributed by atoms with E-state index in [1.54, 1.807) is 8.61 Å². The zero-order valence-electron chi connectivity index (χ0n) is 12.1. The average Bonchev–Trinajstić information content (AvgIpc) is 2.46. The first-order chi connectivity index (χ1) is 9.55. The fourth-order valence-corrected chi connectivity index (χ4v) is 4.24. The zero-order chi connectivity index (χ0) is 14.6. The monoisotopic (exact) mass is 297 g/mol. The SMILES string of the molecule is CCN(Cc1ccccc1)S(=O)(=O)N1CCNCC1C. The molecule has 0 aliphatic carbocycles. The normalized spacial score (nSPS) is 21.2. The van der Waals surface area contributed by atoms with Crippen LogP contribution in [-0.4, -0.2) is 49.2 Å². The van der Waals surface area contributed by atoms with Crippen LogP contribution in [0.1, 0.15) is 19.4 Å². The van der Waals surface area contributed by atoms with Gasteiger partial charge in [0.15, 0.2) is 0 Å². The summed E-state index contributed by atoms with van der Waals surface area (Å²) < 4.78 is 28.7. The molecule has 5 nitrogen and oxygen atoms in total. The molecule has 1 atom stereocenters. The highest BCUT2D eigenvalue weighted by atomic mass is 32.2. The zero-order valence-corrected chi connectivity index (χ0v) is 12.9. The molecule has 1 unspecified atom stereocenters. The lowest BCUT2D eigenvalue weighted by Crippen LogP contribution is -2.56. The lowest BCUT2D eigenvalue weighted by Gasteiger charge is -2.36. The molecule has 0 amide bonds. The number of benzene rings is 1. The summed E-state index contributed by atoms with van der Waals surface area (Å²) in [5, 5.41) is 3.22. The Morgan fingerprint density at radius 1 is 1.35 bits per heavy atom. The lowest BCUT2D eigenvalue weighted by molar-refractivity contribution is 0.256. The largest absolute Gasteiger partial charge is 0.314 e. The standard InChI is InChI=1S/C14H23N3O2S/c1-3-16(12-14-7-5-4-6-8-14)20(18,19)17-10-9-15-11-13(17)2/h4-8,13,15H,3,9-12H2,1-2H3. The van der Waals surface area contributed by atoms with E-state index in [-0.39, 0.29) is 6.04 Å². The number of nitrogens with zero attached hydrogens (tertiary/aromatic N) is 2. The van der Waals surface area contributed by atoms with Crippen molar-refractivity contribution in [1.29, 1.82) is 0 Å². The van der Waals surface area contributed by atoms with Crippen LogP contribution in [0.4, 0.5) is 0 Å². The molecule has 1 aliphatic heterocycles. The molecule has 0 aromatic heterocycles. The molecule has 1 N–H and O–H groups in total. The van der Waals surface area contributed by atoms with Gasteiger partial charge in [-0.15, -0.1) is 0 Å². The van der Waals surface area contributed by atoms with Crippen molar-refractivity contribution < 1.29 is 8.42 Å². The number of rotatable bonds is 5. The van der Waals surface area contributed by atoms with Gasteiger partial charge in [-0.2, -0.15) is 17.0 Å². The maximum Gasteiger partial charge on any atom is 0.282 e. The Balaban J connectivity index is 2.16. The third-order valence-corrected chi connectivity index (χ3v) is 5.79. The van der Waals surface area contributed by atoms with E-state index in [1.807, 2.05) is 44.2 Å². The molecule has 2 rings (SSSR count). The van der Waals surface area contributed by atoms with Gasteiger partial charge in [0.05, 0.1) is 0 Å². The van der Waals surface area contributed by atoms with Crippen molar-refractivity contribution in [1.82, 2.24) is 13.9 Å². The molecule has 1 aromatic carbocycles. The predicted octanol–water partition coefficient (Wildman–Crippen LogP) is 1.05. The Hall–Kier alpha value is -0.950. The van der Waals surface area contributed by atoms with Crippen LogP contribution in [0, 0.1) is 0 Å². The van der Waals surface area contributed by atoms with Crippen LogP contribution in [0.2, 0.25) is 0 Å². The van der Waals surface area contributed by atoms with Crippen molar-refractivity contribution in [3.05, 3.63) is 35.9 Å². The maximum absolute atomic E-state index is 12.8. The van der Waals surface area contributed by atoms with Crippen molar-refractivity contribution in [2.45, 2.75) is 26.4 Å². The molecule has 0 saturated carbocycles. The van der Waals surface area contributed by atoms with Crippen LogP contribution in [0.3, 0.4) is 0 Å². The Labute approximate surface area is 121 Å². The van der Waals surface area contributed by atoms with E-state index >= 15 is 0 Å². The molecule has 6 heteroatoms. The first kappa shape index (κ1) is 15.4. The Morgan fingerprint density at radius 3 is 2.65 bits per heavy atom. The van der Waals surface area contributed by atoms with Gasteiger partial charge in [-0.25, -0.2) is 0 Å². The molecule has 0 radical (unpaired) electrons. The van der Waals surface area contributed by atoms with E-state index in [4.69, 9.17) is 0 Å². The van der Waals surface area contributed by atoms with Gasteiger partial charge >= 0.3 is 0 Å². The van der Waals surface area contributed by atoms with Crippen LogP contribution in [-0.2, 0) is 16.8 Å². The van der Waals surface area contributed by atoms with Gasteiger partial charge in [0.2, 0.25) is 0 Å². The maximum atomic E-state index is 12.8. The van der Waals surface area contributed by atoms with Crippen molar-refractivity contribution >= 4 is 10.2 Å². The highest BCUT2D eigenvalue weighted by molar-refractivity contribution is 7.86. The molecular weight excluding hydrogens is 274 g/mol. The summed E-state index contributed by atoms with van der Waals surface area (Å²) in [7, 11) is -3.39. The van der Waals surface area contributed by atoms with Crippen LogP contribution in [0.25, 0.3) is 0 Å². The quantitative estimate of drug-likeness (QED) is 0.884. The Bertz CT molecular complexity index is 518. The van der Waals surface area contributed by atoms with Gasteiger partial charge in [0.1, 0.15) is 0 Å². The third kappa shape index (κ3) is 3.38. The second-order valence-electron chi connectivity index (χ2n) is 5.08. The van der Waals surface area contributed by atoms with E-state index in [0.717, 1.165) is 5.56 Å². The second-order valence-corrected chi connectivity index (χ2v) is 6.96. The molecule has 0 bridgehead atoms. The summed E-state index contributed by atoms with van der Waals surface area (Å²) in [4.78, 5) is 0. The highest BCUT2D eigenvalue weighted by Crippen LogP contribution is 2.17. The Kier molecular flexibility index (Phi) is 5.15. The molecular formula is C14H23N3O2S. The molecule has 1 aromatic rings. The number of hydrogen-bond donors (Lipinski definition) is 1. The van der Waals surface area contributed by atoms with Crippen LogP contribution >= 0.6 is 0 Å². The Morgan fingerprint density at radius 2 is 2.05 bits per heavy atom.